The molecule has 0 heterocycles. The van der Waals surface area contributed by atoms with Gasteiger partial charge in [0.2, 0.25) is 0 Å². The Kier molecular flexibility index (Phi) is 5.92. The van der Waals surface area contributed by atoms with Gasteiger partial charge in [-0.2, -0.15) is 0 Å². The quantitative estimate of drug-likeness (QED) is 0.396. The van der Waals surface area contributed by atoms with Crippen molar-refractivity contribution in [1.29, 1.82) is 0 Å². The summed E-state index contributed by atoms with van der Waals surface area (Å²) in [7, 11) is -3.18. The molecule has 4 heteroatoms. The Morgan fingerprint density at radius 3 is 2.47 bits per heavy atom. The molecule has 0 N–H and O–H groups in total. The van der Waals surface area contributed by atoms with E-state index in [0.29, 0.717) is 13.0 Å². The summed E-state index contributed by atoms with van der Waals surface area (Å²) in [4.78, 5) is 0. The zero-order valence-electron chi connectivity index (χ0n) is 9.75. The van der Waals surface area contributed by atoms with Crippen molar-refractivity contribution in [2.75, 3.05) is 6.61 Å². The second-order valence-corrected chi connectivity index (χ2v) is 5.35. The van der Waals surface area contributed by atoms with Gasteiger partial charge < -0.3 is 9.05 Å². The highest BCUT2D eigenvalue weighted by Crippen LogP contribution is 2.50. The van der Waals surface area contributed by atoms with Gasteiger partial charge in [0.15, 0.2) is 0 Å². The van der Waals surface area contributed by atoms with Gasteiger partial charge in [-0.15, -0.1) is 6.58 Å². The van der Waals surface area contributed by atoms with Crippen molar-refractivity contribution in [1.82, 2.24) is 0 Å². The average Bonchev–Trinajstić information content (AvgIpc) is 2.38. The molecule has 1 rings (SSSR count). The molecule has 1 aromatic carbocycles. The normalized spacial score (nSPS) is 13.9. The summed E-state index contributed by atoms with van der Waals surface area (Å²) >= 11 is 0. The molecule has 0 aliphatic rings. The monoisotopic (exact) mass is 252 g/mol. The predicted octanol–water partition coefficient (Wildman–Crippen LogP) is 4.13. The van der Waals surface area contributed by atoms with Crippen LogP contribution < -0.4 is 0 Å². The first-order chi connectivity index (χ1) is 8.20. The van der Waals surface area contributed by atoms with E-state index in [4.69, 9.17) is 9.05 Å². The third-order valence-corrected chi connectivity index (χ3v) is 3.55. The topological polar surface area (TPSA) is 35.5 Å². The molecule has 0 aliphatic heterocycles. The van der Waals surface area contributed by atoms with Gasteiger partial charge in [-0.3, -0.25) is 4.57 Å². The van der Waals surface area contributed by atoms with E-state index in [2.05, 4.69) is 13.2 Å². The maximum Gasteiger partial charge on any atom is 0.353 e. The lowest BCUT2D eigenvalue weighted by Crippen LogP contribution is -1.95. The van der Waals surface area contributed by atoms with Crippen molar-refractivity contribution in [2.24, 2.45) is 0 Å². The lowest BCUT2D eigenvalue weighted by Gasteiger charge is -2.14. The van der Waals surface area contributed by atoms with Crippen LogP contribution in [0, 0.1) is 0 Å². The predicted molar refractivity (Wildman–Crippen MR) is 69.8 cm³/mol. The third kappa shape index (κ3) is 5.14. The van der Waals surface area contributed by atoms with Crippen molar-refractivity contribution in [2.45, 2.75) is 13.0 Å². The van der Waals surface area contributed by atoms with Gasteiger partial charge in [-0.05, 0) is 12.0 Å². The second kappa shape index (κ2) is 7.23. The largest absolute Gasteiger partial charge is 0.353 e. The van der Waals surface area contributed by atoms with E-state index in [1.54, 1.807) is 6.08 Å². The van der Waals surface area contributed by atoms with E-state index in [1.807, 2.05) is 30.3 Å². The minimum Gasteiger partial charge on any atom is -0.305 e. The van der Waals surface area contributed by atoms with Gasteiger partial charge in [0.1, 0.15) is 0 Å². The van der Waals surface area contributed by atoms with Crippen molar-refractivity contribution < 1.29 is 13.6 Å². The molecule has 0 aromatic heterocycles. The van der Waals surface area contributed by atoms with Crippen LogP contribution in [-0.4, -0.2) is 6.61 Å². The van der Waals surface area contributed by atoms with E-state index >= 15 is 0 Å². The summed E-state index contributed by atoms with van der Waals surface area (Å²) in [5, 5.41) is 0. The minimum atomic E-state index is -3.18. The Balaban J connectivity index is 2.48. The Hall–Kier alpha value is -1.15. The van der Waals surface area contributed by atoms with Crippen LogP contribution >= 0.6 is 7.60 Å². The number of rotatable bonds is 8. The van der Waals surface area contributed by atoms with Gasteiger partial charge in [-0.25, -0.2) is 0 Å². The minimum absolute atomic E-state index is 0.248. The van der Waals surface area contributed by atoms with Crippen LogP contribution in [0.5, 0.6) is 0 Å². The summed E-state index contributed by atoms with van der Waals surface area (Å²) in [6, 6.07) is 9.51. The van der Waals surface area contributed by atoms with Gasteiger partial charge in [-0.1, -0.05) is 43.0 Å². The molecular weight excluding hydrogens is 235 g/mol. The lowest BCUT2D eigenvalue weighted by atomic mass is 10.2. The second-order valence-electron chi connectivity index (χ2n) is 3.39. The molecule has 0 saturated heterocycles. The Bertz CT molecular complexity index is 400. The molecule has 3 nitrogen and oxygen atoms in total. The summed E-state index contributed by atoms with van der Waals surface area (Å²) in [6.45, 7) is 7.62. The van der Waals surface area contributed by atoms with Crippen LogP contribution in [-0.2, 0) is 20.2 Å². The summed E-state index contributed by atoms with van der Waals surface area (Å²) in [5.74, 6) is 1.24. The first kappa shape index (κ1) is 13.9. The van der Waals surface area contributed by atoms with E-state index in [0.717, 1.165) is 5.56 Å². The molecule has 1 unspecified atom stereocenters. The van der Waals surface area contributed by atoms with E-state index in [9.17, 15) is 4.57 Å². The molecule has 0 fully saturated rings. The maximum absolute atomic E-state index is 12.0. The van der Waals surface area contributed by atoms with Crippen LogP contribution in [0.2, 0.25) is 0 Å². The van der Waals surface area contributed by atoms with Crippen LogP contribution in [0.25, 0.3) is 0 Å². The van der Waals surface area contributed by atoms with Crippen LogP contribution in [0.1, 0.15) is 12.0 Å². The van der Waals surface area contributed by atoms with Crippen molar-refractivity contribution in [3.63, 3.8) is 0 Å². The average molecular weight is 252 g/mol. The summed E-state index contributed by atoms with van der Waals surface area (Å²) in [6.07, 6.45) is 2.33. The Morgan fingerprint density at radius 2 is 1.88 bits per heavy atom. The molecule has 0 saturated carbocycles. The highest BCUT2D eigenvalue weighted by Gasteiger charge is 2.19. The molecular formula is C13H17O3P. The Morgan fingerprint density at radius 1 is 1.18 bits per heavy atom. The molecule has 0 spiro atoms. The van der Waals surface area contributed by atoms with E-state index < -0.39 is 7.60 Å². The number of hydrogen-bond acceptors (Lipinski definition) is 3. The van der Waals surface area contributed by atoms with Crippen LogP contribution in [0.3, 0.4) is 0 Å². The standard InChI is InChI=1S/C13H17O3P/c1-3-5-11-15-17(14,4-2)16-12-13-9-7-6-8-10-13/h3-4,6-10H,1-2,5,11-12H2. The van der Waals surface area contributed by atoms with Gasteiger partial charge in [0, 0.05) is 5.82 Å². The maximum atomic E-state index is 12.0. The highest BCUT2D eigenvalue weighted by atomic mass is 31.2. The molecule has 0 bridgehead atoms. The Labute approximate surface area is 102 Å². The van der Waals surface area contributed by atoms with Gasteiger partial charge in [0.05, 0.1) is 13.2 Å². The van der Waals surface area contributed by atoms with Crippen LogP contribution in [0.4, 0.5) is 0 Å². The third-order valence-electron chi connectivity index (χ3n) is 2.07. The van der Waals surface area contributed by atoms with Gasteiger partial charge in [0.25, 0.3) is 0 Å². The molecule has 1 atom stereocenters. The first-order valence-electron chi connectivity index (χ1n) is 5.37. The first-order valence-corrected chi connectivity index (χ1v) is 6.98. The molecule has 92 valence electrons. The van der Waals surface area contributed by atoms with Crippen LogP contribution in [0.15, 0.2) is 55.4 Å². The van der Waals surface area contributed by atoms with Gasteiger partial charge >= 0.3 is 7.60 Å². The van der Waals surface area contributed by atoms with Crippen molar-refractivity contribution >= 4 is 7.60 Å². The lowest BCUT2D eigenvalue weighted by molar-refractivity contribution is 0.208. The van der Waals surface area contributed by atoms with Crippen molar-refractivity contribution in [3.8, 4) is 0 Å². The van der Waals surface area contributed by atoms with Crippen molar-refractivity contribution in [3.05, 3.63) is 60.9 Å². The molecule has 0 aliphatic carbocycles. The number of hydrogen-bond donors (Lipinski definition) is 0. The highest BCUT2D eigenvalue weighted by molar-refractivity contribution is 7.57. The smallest absolute Gasteiger partial charge is 0.305 e. The van der Waals surface area contributed by atoms with E-state index in [1.165, 1.54) is 5.82 Å². The fourth-order valence-electron chi connectivity index (χ4n) is 1.14. The summed E-state index contributed by atoms with van der Waals surface area (Å²) in [5.41, 5.74) is 0.946. The fourth-order valence-corrected chi connectivity index (χ4v) is 2.12. The molecule has 0 radical (unpaired) electrons. The zero-order chi connectivity index (χ0) is 12.6. The number of benzene rings is 1. The molecule has 17 heavy (non-hydrogen) atoms. The fraction of sp³-hybridized carbons (Fsp3) is 0.231. The summed E-state index contributed by atoms with van der Waals surface area (Å²) < 4.78 is 22.5. The van der Waals surface area contributed by atoms with E-state index in [-0.39, 0.29) is 6.61 Å². The molecule has 1 aromatic rings. The molecule has 0 amide bonds. The SMILES string of the molecule is C=CCCOP(=O)(C=C)OCc1ccccc1. The zero-order valence-corrected chi connectivity index (χ0v) is 10.6.